The maximum Gasteiger partial charge on any atom is 0.172 e. The van der Waals surface area contributed by atoms with Gasteiger partial charge in [-0.1, -0.05) is 32.4 Å². The van der Waals surface area contributed by atoms with Crippen LogP contribution in [0.2, 0.25) is 23.3 Å². The summed E-state index contributed by atoms with van der Waals surface area (Å²) in [6.07, 6.45) is 1.34. The Kier molecular flexibility index (Phi) is 3.90. The average Bonchev–Trinajstić information content (AvgIpc) is 2.79. The fourth-order valence-corrected chi connectivity index (χ4v) is 4.46. The molecule has 0 aliphatic carbocycles. The molecule has 7 heteroatoms. The summed E-state index contributed by atoms with van der Waals surface area (Å²) in [6, 6.07) is 2.35. The summed E-state index contributed by atoms with van der Waals surface area (Å²) in [5, 5.41) is 12.1. The third kappa shape index (κ3) is 2.84. The van der Waals surface area contributed by atoms with Gasteiger partial charge < -0.3 is 14.6 Å². The third-order valence-electron chi connectivity index (χ3n) is 5.20. The van der Waals surface area contributed by atoms with Gasteiger partial charge in [0, 0.05) is 31.3 Å². The van der Waals surface area contributed by atoms with Crippen LogP contribution in [0.15, 0.2) is 6.07 Å². The molecule has 1 fully saturated rings. The van der Waals surface area contributed by atoms with Gasteiger partial charge in [-0.15, -0.1) is 28.3 Å². The molecule has 2 atom stereocenters. The highest BCUT2D eigenvalue weighted by atomic mass is 35.5. The van der Waals surface area contributed by atoms with Crippen LogP contribution >= 0.6 is 11.6 Å². The first-order valence-corrected chi connectivity index (χ1v) is 11.2. The van der Waals surface area contributed by atoms with E-state index >= 15 is 0 Å². The van der Waals surface area contributed by atoms with Crippen molar-refractivity contribution in [3.05, 3.63) is 11.2 Å². The topological polar surface area (TPSA) is 50.3 Å². The molecular weight excluding hydrogens is 316 g/mol. The minimum Gasteiger partial charge on any atom is -0.561 e. The van der Waals surface area contributed by atoms with Crippen LogP contribution in [0.4, 0.5) is 11.5 Å². The number of halogens is 1. The van der Waals surface area contributed by atoms with E-state index in [1.165, 1.54) is 0 Å². The van der Waals surface area contributed by atoms with E-state index in [4.69, 9.17) is 16.0 Å². The van der Waals surface area contributed by atoms with Crippen LogP contribution in [-0.2, 0) is 4.43 Å². The number of nitrogens with zero attached hydrogens (tertiary/aromatic N) is 3. The second kappa shape index (κ2) is 5.35. The largest absolute Gasteiger partial charge is 0.561 e. The normalized spacial score (nSPS) is 24.7. The van der Waals surface area contributed by atoms with Crippen LogP contribution in [0, 0.1) is 0 Å². The van der Waals surface area contributed by atoms with E-state index in [0.29, 0.717) is 11.2 Å². The summed E-state index contributed by atoms with van der Waals surface area (Å²) in [7, 11) is -1.74. The van der Waals surface area contributed by atoms with Crippen LogP contribution < -0.4 is 10.2 Å². The molecule has 0 saturated carbocycles. The highest BCUT2D eigenvalue weighted by molar-refractivity contribution is 6.74. The van der Waals surface area contributed by atoms with Gasteiger partial charge >= 0.3 is 0 Å². The molecule has 5 nitrogen and oxygen atoms in total. The van der Waals surface area contributed by atoms with Gasteiger partial charge in [0.15, 0.2) is 11.0 Å². The highest BCUT2D eigenvalue weighted by Crippen LogP contribution is 2.41. The minimum atomic E-state index is -1.74. The molecule has 3 heterocycles. The molecule has 0 unspecified atom stereocenters. The Bertz CT molecular complexity index is 575. The first-order valence-electron chi connectivity index (χ1n) is 7.89. The zero-order valence-electron chi connectivity index (χ0n) is 14.0. The summed E-state index contributed by atoms with van der Waals surface area (Å²) < 4.78 is 6.60. The SMILES string of the molecule is CC(C)(C)[Si-](C)(C)O[C@H]1C[C@@H]2CNc3nnc(Cl)cc3N2C1. The summed E-state index contributed by atoms with van der Waals surface area (Å²) in [5.74, 6) is 0.827. The Morgan fingerprint density at radius 3 is 2.77 bits per heavy atom. The van der Waals surface area contributed by atoms with Crippen molar-refractivity contribution in [2.24, 2.45) is 0 Å². The smallest absolute Gasteiger partial charge is 0.172 e. The van der Waals surface area contributed by atoms with Crippen molar-refractivity contribution >= 4 is 31.4 Å². The fourth-order valence-electron chi connectivity index (χ4n) is 2.96. The molecule has 2 aliphatic rings. The van der Waals surface area contributed by atoms with Crippen LogP contribution in [0.25, 0.3) is 0 Å². The van der Waals surface area contributed by atoms with Gasteiger partial charge in [0.05, 0.1) is 5.69 Å². The Balaban J connectivity index is 1.77. The van der Waals surface area contributed by atoms with Crippen molar-refractivity contribution in [2.75, 3.05) is 23.3 Å². The maximum absolute atomic E-state index is 6.60. The van der Waals surface area contributed by atoms with Gasteiger partial charge in [-0.3, -0.25) is 0 Å². The van der Waals surface area contributed by atoms with E-state index < -0.39 is 8.32 Å². The summed E-state index contributed by atoms with van der Waals surface area (Å²) >= 11 is 6.02. The lowest BCUT2D eigenvalue weighted by Crippen LogP contribution is -2.44. The lowest BCUT2D eigenvalue weighted by molar-refractivity contribution is 0.199. The predicted octanol–water partition coefficient (Wildman–Crippen LogP) is 3.52. The van der Waals surface area contributed by atoms with Crippen molar-refractivity contribution in [3.8, 4) is 0 Å². The van der Waals surface area contributed by atoms with E-state index in [1.807, 2.05) is 6.07 Å². The van der Waals surface area contributed by atoms with Gasteiger partial charge in [0.25, 0.3) is 0 Å². The van der Waals surface area contributed by atoms with Crippen molar-refractivity contribution in [1.29, 1.82) is 0 Å². The van der Waals surface area contributed by atoms with E-state index in [2.05, 4.69) is 54.3 Å². The number of fused-ring (bicyclic) bond motifs is 3. The molecule has 0 aromatic carbocycles. The van der Waals surface area contributed by atoms with Gasteiger partial charge in [0.2, 0.25) is 0 Å². The van der Waals surface area contributed by atoms with E-state index in [-0.39, 0.29) is 11.1 Å². The van der Waals surface area contributed by atoms with Crippen LogP contribution in [0.1, 0.15) is 27.2 Å². The summed E-state index contributed by atoms with van der Waals surface area (Å²) in [6.45, 7) is 13.3. The quantitative estimate of drug-likeness (QED) is 0.835. The van der Waals surface area contributed by atoms with Crippen LogP contribution in [0.5, 0.6) is 0 Å². The van der Waals surface area contributed by atoms with Crippen molar-refractivity contribution < 1.29 is 4.43 Å². The lowest BCUT2D eigenvalue weighted by Gasteiger charge is -2.50. The van der Waals surface area contributed by atoms with Crippen molar-refractivity contribution in [1.82, 2.24) is 10.2 Å². The van der Waals surface area contributed by atoms with Gasteiger partial charge in [-0.2, -0.15) is 0 Å². The van der Waals surface area contributed by atoms with Crippen LogP contribution in [-0.4, -0.2) is 43.8 Å². The van der Waals surface area contributed by atoms with E-state index in [1.54, 1.807) is 0 Å². The molecule has 2 aliphatic heterocycles. The molecule has 1 aromatic rings. The number of hydrogen-bond donors (Lipinski definition) is 1. The fraction of sp³-hybridized carbons (Fsp3) is 0.733. The second-order valence-corrected chi connectivity index (χ2v) is 13.0. The van der Waals surface area contributed by atoms with E-state index in [0.717, 1.165) is 31.0 Å². The molecule has 1 aromatic heterocycles. The molecule has 3 rings (SSSR count). The Morgan fingerprint density at radius 1 is 1.36 bits per heavy atom. The van der Waals surface area contributed by atoms with E-state index in [9.17, 15) is 0 Å². The number of aromatic nitrogens is 2. The zero-order chi connectivity index (χ0) is 16.1. The molecule has 0 amide bonds. The number of nitrogens with one attached hydrogen (secondary N) is 1. The molecule has 1 N–H and O–H groups in total. The first-order chi connectivity index (χ1) is 10.2. The molecule has 0 spiro atoms. The molecule has 1 saturated heterocycles. The third-order valence-corrected chi connectivity index (χ3v) is 9.92. The van der Waals surface area contributed by atoms with Crippen molar-refractivity contribution in [2.45, 2.75) is 57.5 Å². The van der Waals surface area contributed by atoms with Crippen molar-refractivity contribution in [3.63, 3.8) is 0 Å². The molecule has 0 radical (unpaired) electrons. The Hall–Kier alpha value is -0.853. The van der Waals surface area contributed by atoms with Gasteiger partial charge in [-0.05, 0) is 14.7 Å². The average molecular weight is 341 g/mol. The number of anilines is 2. The van der Waals surface area contributed by atoms with Gasteiger partial charge in [-0.25, -0.2) is 0 Å². The molecule has 0 bridgehead atoms. The Labute approximate surface area is 138 Å². The highest BCUT2D eigenvalue weighted by Gasteiger charge is 2.38. The first kappa shape index (κ1) is 16.0. The second-order valence-electron chi connectivity index (χ2n) is 7.82. The summed E-state index contributed by atoms with van der Waals surface area (Å²) in [4.78, 5) is 2.38. The maximum atomic E-state index is 6.60. The molecular formula is C15H25ClN4OSi-. The number of rotatable bonds is 2. The molecule has 22 heavy (non-hydrogen) atoms. The standard InChI is InChI=1S/C15H25ClN4OSi/c1-15(2,3)22(4,5)21-11-6-10-8-17-14-12(20(10)9-11)7-13(16)18-19-14/h7,10-11H,6,8-9H2,1-5H3,(H,17,19)/q-1/t10-,11+/m1/s1. The van der Waals surface area contributed by atoms with Gasteiger partial charge in [0.1, 0.15) is 0 Å². The lowest BCUT2D eigenvalue weighted by atomic mass is 10.1. The summed E-state index contributed by atoms with van der Waals surface area (Å²) in [5.41, 5.74) is 1.05. The van der Waals surface area contributed by atoms with Crippen LogP contribution in [0.3, 0.4) is 0 Å². The monoisotopic (exact) mass is 340 g/mol. The number of hydrogen-bond acceptors (Lipinski definition) is 5. The minimum absolute atomic E-state index is 0.237. The molecule has 123 valence electrons. The zero-order valence-corrected chi connectivity index (χ0v) is 15.7. The predicted molar refractivity (Wildman–Crippen MR) is 93.4 cm³/mol. The Morgan fingerprint density at radius 2 is 2.09 bits per heavy atom.